The number of rotatable bonds is 15. The van der Waals surface area contributed by atoms with Gasteiger partial charge < -0.3 is 44.3 Å². The van der Waals surface area contributed by atoms with Gasteiger partial charge in [0.15, 0.2) is 0 Å². The number of allylic oxidation sites excluding steroid dienone is 2. The molecule has 55 heavy (non-hydrogen) atoms. The van der Waals surface area contributed by atoms with Crippen molar-refractivity contribution in [2.45, 2.75) is 33.4 Å². The number of nitrogens with two attached hydrogens (primary N) is 2. The second-order valence-electron chi connectivity index (χ2n) is 12.5. The Labute approximate surface area is 313 Å². The van der Waals surface area contributed by atoms with Crippen LogP contribution in [0.15, 0.2) is 48.8 Å². The van der Waals surface area contributed by atoms with Crippen LogP contribution in [0.3, 0.4) is 0 Å². The summed E-state index contributed by atoms with van der Waals surface area (Å²) < 4.78 is 18.3. The quantitative estimate of drug-likeness (QED) is 0.0751. The molecule has 4 heterocycles. The number of ether oxygens (including phenoxy) is 2. The topological polar surface area (TPSA) is 254 Å². The molecule has 0 fully saturated rings. The number of carbonyl (C=O) groups excluding carboxylic acids is 4. The van der Waals surface area contributed by atoms with Gasteiger partial charge in [0, 0.05) is 51.3 Å². The lowest BCUT2D eigenvalue weighted by Crippen LogP contribution is -2.19. The summed E-state index contributed by atoms with van der Waals surface area (Å²) in [5.74, 6) is -0.173. The number of fused-ring (bicyclic) bond motifs is 2. The molecule has 0 unspecified atom stereocenters. The van der Waals surface area contributed by atoms with Gasteiger partial charge in [0.25, 0.3) is 11.8 Å². The first-order valence-electron chi connectivity index (χ1n) is 17.0. The lowest BCUT2D eigenvalue weighted by molar-refractivity contribution is 0.0991. The Balaban J connectivity index is 1.41. The molecular weight excluding hydrogens is 712 g/mol. The predicted molar refractivity (Wildman–Crippen MR) is 201 cm³/mol. The number of aromatic nitrogens is 8. The fraction of sp³-hybridized carbons (Fsp3) is 0.278. The number of amides is 4. The van der Waals surface area contributed by atoms with Crippen LogP contribution in [-0.2, 0) is 27.2 Å². The predicted octanol–water partition coefficient (Wildman–Crippen LogP) is 2.20. The van der Waals surface area contributed by atoms with Crippen LogP contribution in [0.2, 0.25) is 0 Å². The van der Waals surface area contributed by atoms with Gasteiger partial charge in [-0.15, -0.1) is 0 Å². The second kappa shape index (κ2) is 15.5. The molecule has 0 aliphatic heterocycles. The standard InChI is InChI=1S/C36H40N12O7/c1-19-39-17-25(45(19)3)33(52)43-35-41-23-13-21(31(37)50)15-27(54-5)29(23)47(35)9-6-7-10-48-30-24(14-22(32(38)51)16-28(30)55-12-8-11-49)42-36(48)44-34(53)26-18-40-20(2)46(26)4/h6-7,13-18,49H,8-12H2,1-5H3,(H2,37,50)(H2,38,51)(H,41,43,52)(H,42,44,53)/b7-6+. The number of aliphatic hydroxyl groups is 1. The highest BCUT2D eigenvalue weighted by molar-refractivity contribution is 6.05. The molecule has 2 aromatic carbocycles. The van der Waals surface area contributed by atoms with Crippen LogP contribution in [-0.4, -0.2) is 87.3 Å². The lowest BCUT2D eigenvalue weighted by Gasteiger charge is -2.13. The number of methoxy groups -OCH3 is 1. The number of aliphatic hydroxyl groups excluding tert-OH is 1. The van der Waals surface area contributed by atoms with Crippen molar-refractivity contribution in [3.8, 4) is 11.5 Å². The maximum atomic E-state index is 13.5. The van der Waals surface area contributed by atoms with Crippen LogP contribution in [0.4, 0.5) is 11.9 Å². The van der Waals surface area contributed by atoms with E-state index in [0.29, 0.717) is 57.3 Å². The number of aryl methyl sites for hydroxylation is 2. The number of nitrogens with zero attached hydrogens (tertiary/aromatic N) is 8. The van der Waals surface area contributed by atoms with E-state index >= 15 is 0 Å². The van der Waals surface area contributed by atoms with E-state index in [0.717, 1.165) is 0 Å². The monoisotopic (exact) mass is 752 g/mol. The molecule has 0 spiro atoms. The Hall–Kier alpha value is -7.02. The van der Waals surface area contributed by atoms with Crippen LogP contribution < -0.4 is 31.6 Å². The third-order valence-corrected chi connectivity index (χ3v) is 9.06. The van der Waals surface area contributed by atoms with E-state index in [4.69, 9.17) is 20.9 Å². The summed E-state index contributed by atoms with van der Waals surface area (Å²) in [4.78, 5) is 69.0. The molecule has 6 rings (SSSR count). The van der Waals surface area contributed by atoms with Gasteiger partial charge in [0.1, 0.15) is 45.6 Å². The van der Waals surface area contributed by atoms with Crippen molar-refractivity contribution in [2.75, 3.05) is 31.0 Å². The first-order valence-corrected chi connectivity index (χ1v) is 17.0. The van der Waals surface area contributed by atoms with Crippen LogP contribution in [0, 0.1) is 13.8 Å². The molecule has 6 aromatic rings. The van der Waals surface area contributed by atoms with Gasteiger partial charge in [0.05, 0.1) is 37.1 Å². The zero-order valence-corrected chi connectivity index (χ0v) is 30.8. The minimum Gasteiger partial charge on any atom is -0.494 e. The number of imidazole rings is 4. The first-order chi connectivity index (χ1) is 26.3. The molecule has 7 N–H and O–H groups in total. The number of anilines is 2. The number of nitrogens with one attached hydrogen (secondary N) is 2. The van der Waals surface area contributed by atoms with E-state index in [1.54, 1.807) is 58.4 Å². The molecule has 4 amide bonds. The van der Waals surface area contributed by atoms with Crippen molar-refractivity contribution < 1.29 is 33.8 Å². The molecule has 0 aliphatic rings. The normalized spacial score (nSPS) is 11.5. The van der Waals surface area contributed by atoms with Crippen LogP contribution in [0.25, 0.3) is 22.1 Å². The summed E-state index contributed by atoms with van der Waals surface area (Å²) in [6.45, 7) is 3.84. The third-order valence-electron chi connectivity index (χ3n) is 9.06. The number of hydrogen-bond donors (Lipinski definition) is 5. The molecule has 0 radical (unpaired) electrons. The Kier molecular flexibility index (Phi) is 10.7. The Morgan fingerprint density at radius 1 is 0.764 bits per heavy atom. The summed E-state index contributed by atoms with van der Waals surface area (Å²) in [5.41, 5.74) is 13.7. The number of benzene rings is 2. The second-order valence-corrected chi connectivity index (χ2v) is 12.5. The van der Waals surface area contributed by atoms with Crippen molar-refractivity contribution in [3.05, 3.63) is 83.0 Å². The molecule has 0 saturated heterocycles. The molecular formula is C36H40N12O7. The van der Waals surface area contributed by atoms with E-state index in [-0.39, 0.29) is 55.1 Å². The number of carbonyl (C=O) groups is 4. The van der Waals surface area contributed by atoms with Gasteiger partial charge in [-0.25, -0.2) is 19.9 Å². The smallest absolute Gasteiger partial charge is 0.276 e. The largest absolute Gasteiger partial charge is 0.494 e. The summed E-state index contributed by atoms with van der Waals surface area (Å²) in [6.07, 6.45) is 6.84. The Bertz CT molecular complexity index is 2500. The highest BCUT2D eigenvalue weighted by atomic mass is 16.5. The summed E-state index contributed by atoms with van der Waals surface area (Å²) in [5, 5.41) is 15.1. The molecule has 19 heteroatoms. The van der Waals surface area contributed by atoms with Gasteiger partial charge in [0.2, 0.25) is 23.7 Å². The maximum Gasteiger partial charge on any atom is 0.276 e. The number of hydrogen-bond acceptors (Lipinski definition) is 11. The zero-order chi connectivity index (χ0) is 39.6. The molecule has 19 nitrogen and oxygen atoms in total. The highest BCUT2D eigenvalue weighted by Gasteiger charge is 2.23. The average Bonchev–Trinajstić information content (AvgIpc) is 3.89. The van der Waals surface area contributed by atoms with Gasteiger partial charge in [-0.1, -0.05) is 12.2 Å². The van der Waals surface area contributed by atoms with Crippen LogP contribution >= 0.6 is 0 Å². The van der Waals surface area contributed by atoms with Crippen LogP contribution in [0.1, 0.15) is 59.8 Å². The van der Waals surface area contributed by atoms with Crippen molar-refractivity contribution >= 4 is 57.6 Å². The molecule has 0 saturated carbocycles. The third kappa shape index (κ3) is 7.45. The van der Waals surface area contributed by atoms with Gasteiger partial charge in [-0.05, 0) is 38.1 Å². The number of primary amides is 2. The fourth-order valence-corrected chi connectivity index (χ4v) is 5.92. The highest BCUT2D eigenvalue weighted by Crippen LogP contribution is 2.33. The minimum atomic E-state index is -0.702. The molecule has 4 aromatic heterocycles. The average molecular weight is 753 g/mol. The molecule has 286 valence electrons. The zero-order valence-electron chi connectivity index (χ0n) is 30.8. The maximum absolute atomic E-state index is 13.5. The van der Waals surface area contributed by atoms with Gasteiger partial charge >= 0.3 is 0 Å². The Morgan fingerprint density at radius 3 is 1.62 bits per heavy atom. The van der Waals surface area contributed by atoms with E-state index < -0.39 is 23.6 Å². The van der Waals surface area contributed by atoms with E-state index in [9.17, 15) is 24.3 Å². The summed E-state index contributed by atoms with van der Waals surface area (Å²) >= 11 is 0. The first kappa shape index (κ1) is 37.7. The summed E-state index contributed by atoms with van der Waals surface area (Å²) in [6, 6.07) is 6.00. The van der Waals surface area contributed by atoms with Gasteiger partial charge in [-0.2, -0.15) is 0 Å². The molecule has 0 bridgehead atoms. The van der Waals surface area contributed by atoms with Crippen molar-refractivity contribution in [1.82, 2.24) is 38.2 Å². The van der Waals surface area contributed by atoms with Crippen LogP contribution in [0.5, 0.6) is 11.5 Å². The van der Waals surface area contributed by atoms with Crippen molar-refractivity contribution in [2.24, 2.45) is 25.6 Å². The van der Waals surface area contributed by atoms with E-state index in [2.05, 4.69) is 30.6 Å². The molecule has 0 atom stereocenters. The minimum absolute atomic E-state index is 0.117. The Morgan fingerprint density at radius 2 is 1.22 bits per heavy atom. The lowest BCUT2D eigenvalue weighted by atomic mass is 10.1. The van der Waals surface area contributed by atoms with Crippen molar-refractivity contribution in [1.29, 1.82) is 0 Å². The fourth-order valence-electron chi connectivity index (χ4n) is 5.92. The SMILES string of the molecule is COc1cc(C(N)=O)cc2nc(NC(=O)c3cnc(C)n3C)n(C/C=C/Cn3c(NC(=O)c4cnc(C)n4C)nc4cc(C(N)=O)cc(OCCCO)c43)c12. The summed E-state index contributed by atoms with van der Waals surface area (Å²) in [7, 11) is 4.88. The van der Waals surface area contributed by atoms with E-state index in [1.165, 1.54) is 43.8 Å². The van der Waals surface area contributed by atoms with E-state index in [1.807, 2.05) is 0 Å². The van der Waals surface area contributed by atoms with Gasteiger partial charge in [-0.3, -0.25) is 29.8 Å². The molecule has 0 aliphatic carbocycles. The van der Waals surface area contributed by atoms with Crippen molar-refractivity contribution in [3.63, 3.8) is 0 Å².